The molecular weight excluding hydrogens is 244 g/mol. The average molecular weight is 267 g/mol. The average Bonchev–Trinajstić information content (AvgIpc) is 2.35. The van der Waals surface area contributed by atoms with Crippen LogP contribution in [0.25, 0.3) is 0 Å². The van der Waals surface area contributed by atoms with E-state index >= 15 is 0 Å². The van der Waals surface area contributed by atoms with Crippen LogP contribution in [0.4, 0.5) is 8.78 Å². The van der Waals surface area contributed by atoms with Crippen molar-refractivity contribution >= 4 is 0 Å². The van der Waals surface area contributed by atoms with Crippen LogP contribution in [0.5, 0.6) is 0 Å². The zero-order chi connectivity index (χ0) is 14.0. The number of hydrogen-bond donors (Lipinski definition) is 1. The largest absolute Gasteiger partial charge is 0.307 e. The summed E-state index contributed by atoms with van der Waals surface area (Å²) in [5.74, 6) is -1.49. The lowest BCUT2D eigenvalue weighted by Crippen LogP contribution is -2.37. The van der Waals surface area contributed by atoms with Crippen molar-refractivity contribution in [2.24, 2.45) is 5.41 Å². The number of benzene rings is 1. The predicted octanol–water partition coefficient (Wildman–Crippen LogP) is 4.58. The standard InChI is InChI=1S/C16H23F2N/c1-11(13-5-4-6-14(17)15(13)18)19-12-7-9-16(2,3)10-8-12/h4-6,11-12,19H,7-10H2,1-3H3. The molecule has 1 nitrogen and oxygen atoms in total. The summed E-state index contributed by atoms with van der Waals surface area (Å²) in [4.78, 5) is 0. The summed E-state index contributed by atoms with van der Waals surface area (Å²) in [6, 6.07) is 4.64. The van der Waals surface area contributed by atoms with Crippen LogP contribution in [0.2, 0.25) is 0 Å². The summed E-state index contributed by atoms with van der Waals surface area (Å²) in [7, 11) is 0. The molecule has 1 aliphatic rings. The summed E-state index contributed by atoms with van der Waals surface area (Å²) in [6.45, 7) is 6.48. The molecule has 1 aliphatic carbocycles. The van der Waals surface area contributed by atoms with Crippen molar-refractivity contribution in [1.29, 1.82) is 0 Å². The minimum atomic E-state index is -0.768. The van der Waals surface area contributed by atoms with Crippen molar-refractivity contribution in [2.75, 3.05) is 0 Å². The van der Waals surface area contributed by atoms with Crippen LogP contribution in [0.15, 0.2) is 18.2 Å². The van der Waals surface area contributed by atoms with Gasteiger partial charge in [-0.2, -0.15) is 0 Å². The Bertz CT molecular complexity index is 432. The van der Waals surface area contributed by atoms with Gasteiger partial charge in [0, 0.05) is 17.6 Å². The lowest BCUT2D eigenvalue weighted by atomic mass is 9.75. The van der Waals surface area contributed by atoms with Gasteiger partial charge in [-0.3, -0.25) is 0 Å². The van der Waals surface area contributed by atoms with Crippen LogP contribution in [0.1, 0.15) is 58.1 Å². The van der Waals surface area contributed by atoms with Gasteiger partial charge < -0.3 is 5.32 Å². The Labute approximate surface area is 114 Å². The second-order valence-electron chi connectivity index (χ2n) is 6.47. The SMILES string of the molecule is CC(NC1CCC(C)(C)CC1)c1cccc(F)c1F. The Hall–Kier alpha value is -0.960. The van der Waals surface area contributed by atoms with Crippen molar-refractivity contribution in [3.63, 3.8) is 0 Å². The number of rotatable bonds is 3. The molecule has 0 radical (unpaired) electrons. The second kappa shape index (κ2) is 5.58. The Balaban J connectivity index is 1.98. The highest BCUT2D eigenvalue weighted by Gasteiger charge is 2.28. The van der Waals surface area contributed by atoms with Crippen molar-refractivity contribution in [1.82, 2.24) is 5.32 Å². The van der Waals surface area contributed by atoms with Crippen molar-refractivity contribution in [3.8, 4) is 0 Å². The maximum Gasteiger partial charge on any atom is 0.163 e. The third kappa shape index (κ3) is 3.53. The quantitative estimate of drug-likeness (QED) is 0.845. The highest BCUT2D eigenvalue weighted by molar-refractivity contribution is 5.22. The van der Waals surface area contributed by atoms with Gasteiger partial charge in [0.25, 0.3) is 0 Å². The van der Waals surface area contributed by atoms with E-state index in [0.29, 0.717) is 17.0 Å². The van der Waals surface area contributed by atoms with Gasteiger partial charge in [0.05, 0.1) is 0 Å². The molecule has 1 saturated carbocycles. The fourth-order valence-electron chi connectivity index (χ4n) is 2.86. The van der Waals surface area contributed by atoms with Gasteiger partial charge in [0.2, 0.25) is 0 Å². The Kier molecular flexibility index (Phi) is 4.24. The van der Waals surface area contributed by atoms with Crippen molar-refractivity contribution in [2.45, 2.75) is 58.5 Å². The first-order valence-electron chi connectivity index (χ1n) is 7.09. The summed E-state index contributed by atoms with van der Waals surface area (Å²) in [6.07, 6.45) is 4.58. The maximum atomic E-state index is 13.7. The van der Waals surface area contributed by atoms with Gasteiger partial charge in [0.1, 0.15) is 0 Å². The molecular formula is C16H23F2N. The minimum absolute atomic E-state index is 0.151. The highest BCUT2D eigenvalue weighted by atomic mass is 19.2. The fraction of sp³-hybridized carbons (Fsp3) is 0.625. The maximum absolute atomic E-state index is 13.7. The first-order chi connectivity index (χ1) is 8.89. The minimum Gasteiger partial charge on any atom is -0.307 e. The molecule has 106 valence electrons. The number of halogens is 2. The van der Waals surface area contributed by atoms with Crippen molar-refractivity contribution < 1.29 is 8.78 Å². The lowest BCUT2D eigenvalue weighted by molar-refractivity contribution is 0.199. The second-order valence-corrected chi connectivity index (χ2v) is 6.47. The molecule has 1 aromatic rings. The van der Waals surface area contributed by atoms with Gasteiger partial charge >= 0.3 is 0 Å². The Morgan fingerprint density at radius 2 is 1.84 bits per heavy atom. The van der Waals surface area contributed by atoms with E-state index < -0.39 is 11.6 Å². The monoisotopic (exact) mass is 267 g/mol. The van der Waals surface area contributed by atoms with Crippen LogP contribution in [-0.4, -0.2) is 6.04 Å². The molecule has 0 saturated heterocycles. The molecule has 1 N–H and O–H groups in total. The fourth-order valence-corrected chi connectivity index (χ4v) is 2.86. The summed E-state index contributed by atoms with van der Waals surface area (Å²) >= 11 is 0. The van der Waals surface area contributed by atoms with Crippen LogP contribution in [0, 0.1) is 17.0 Å². The molecule has 0 bridgehead atoms. The molecule has 2 rings (SSSR count). The first kappa shape index (κ1) is 14.4. The Morgan fingerprint density at radius 1 is 1.21 bits per heavy atom. The van der Waals surface area contributed by atoms with Gasteiger partial charge in [-0.1, -0.05) is 26.0 Å². The molecule has 3 heteroatoms. The normalized spacial score (nSPS) is 21.3. The van der Waals surface area contributed by atoms with Crippen LogP contribution < -0.4 is 5.32 Å². The van der Waals surface area contributed by atoms with E-state index in [1.54, 1.807) is 12.1 Å². The summed E-state index contributed by atoms with van der Waals surface area (Å²) in [5, 5.41) is 3.43. The van der Waals surface area contributed by atoms with E-state index in [2.05, 4.69) is 19.2 Å². The molecule has 1 atom stereocenters. The van der Waals surface area contributed by atoms with E-state index in [4.69, 9.17) is 0 Å². The molecule has 0 aliphatic heterocycles. The van der Waals surface area contributed by atoms with Crippen LogP contribution in [-0.2, 0) is 0 Å². The van der Waals surface area contributed by atoms with E-state index in [1.165, 1.54) is 12.8 Å². The predicted molar refractivity (Wildman–Crippen MR) is 73.9 cm³/mol. The van der Waals surface area contributed by atoms with Crippen LogP contribution in [0.3, 0.4) is 0 Å². The summed E-state index contributed by atoms with van der Waals surface area (Å²) < 4.78 is 26.9. The molecule has 0 aromatic heterocycles. The van der Waals surface area contributed by atoms with E-state index in [1.807, 2.05) is 6.92 Å². The summed E-state index contributed by atoms with van der Waals surface area (Å²) in [5.41, 5.74) is 0.843. The van der Waals surface area contributed by atoms with Gasteiger partial charge in [-0.05, 0) is 44.1 Å². The van der Waals surface area contributed by atoms with Crippen molar-refractivity contribution in [3.05, 3.63) is 35.4 Å². The number of nitrogens with one attached hydrogen (secondary N) is 1. The first-order valence-corrected chi connectivity index (χ1v) is 7.09. The highest BCUT2D eigenvalue weighted by Crippen LogP contribution is 2.35. The van der Waals surface area contributed by atoms with Gasteiger partial charge in [-0.25, -0.2) is 8.78 Å². The lowest BCUT2D eigenvalue weighted by Gasteiger charge is -2.36. The molecule has 0 heterocycles. The molecule has 19 heavy (non-hydrogen) atoms. The Morgan fingerprint density at radius 3 is 2.47 bits per heavy atom. The number of hydrogen-bond acceptors (Lipinski definition) is 1. The van der Waals surface area contributed by atoms with E-state index in [9.17, 15) is 8.78 Å². The zero-order valence-electron chi connectivity index (χ0n) is 12.0. The topological polar surface area (TPSA) is 12.0 Å². The van der Waals surface area contributed by atoms with Gasteiger partial charge in [0.15, 0.2) is 11.6 Å². The zero-order valence-corrected chi connectivity index (χ0v) is 12.0. The third-order valence-corrected chi connectivity index (χ3v) is 4.27. The van der Waals surface area contributed by atoms with Gasteiger partial charge in [-0.15, -0.1) is 0 Å². The van der Waals surface area contributed by atoms with E-state index in [-0.39, 0.29) is 6.04 Å². The third-order valence-electron chi connectivity index (χ3n) is 4.27. The smallest absolute Gasteiger partial charge is 0.163 e. The van der Waals surface area contributed by atoms with E-state index in [0.717, 1.165) is 18.9 Å². The molecule has 1 unspecified atom stereocenters. The molecule has 1 aromatic carbocycles. The molecule has 0 spiro atoms. The van der Waals surface area contributed by atoms with Crippen LogP contribution >= 0.6 is 0 Å². The molecule has 0 amide bonds. The molecule has 1 fully saturated rings.